The number of carbonyl (C=O) groups excluding carboxylic acids is 2. The Hall–Kier alpha value is -1.55. The number of methoxy groups -OCH3 is 1. The number of halogens is 1. The van der Waals surface area contributed by atoms with E-state index in [0.29, 0.717) is 11.6 Å². The SMILES string of the molecule is COC(=O)[C@H]1C(=O)NC[C@@H]1c1ccc(Cl)cc1. The molecule has 90 valence electrons. The van der Waals surface area contributed by atoms with E-state index in [0.717, 1.165) is 5.56 Å². The van der Waals surface area contributed by atoms with E-state index in [1.807, 2.05) is 12.1 Å². The Labute approximate surface area is 104 Å². The fourth-order valence-corrected chi connectivity index (χ4v) is 2.17. The first-order chi connectivity index (χ1) is 8.13. The highest BCUT2D eigenvalue weighted by Crippen LogP contribution is 2.30. The molecule has 0 bridgehead atoms. The van der Waals surface area contributed by atoms with Crippen molar-refractivity contribution in [2.45, 2.75) is 5.92 Å². The Kier molecular flexibility index (Phi) is 3.33. The minimum atomic E-state index is -0.763. The summed E-state index contributed by atoms with van der Waals surface area (Å²) in [7, 11) is 1.28. The van der Waals surface area contributed by atoms with E-state index in [-0.39, 0.29) is 11.8 Å². The van der Waals surface area contributed by atoms with Crippen molar-refractivity contribution in [2.75, 3.05) is 13.7 Å². The van der Waals surface area contributed by atoms with Crippen LogP contribution in [0, 0.1) is 5.92 Å². The predicted octanol–water partition coefficient (Wildman–Crippen LogP) is 1.34. The summed E-state index contributed by atoms with van der Waals surface area (Å²) in [6.45, 7) is 0.445. The highest BCUT2D eigenvalue weighted by molar-refractivity contribution is 6.30. The van der Waals surface area contributed by atoms with Gasteiger partial charge in [0.1, 0.15) is 5.92 Å². The predicted molar refractivity (Wildman–Crippen MR) is 62.7 cm³/mol. The molecular weight excluding hydrogens is 242 g/mol. The lowest BCUT2D eigenvalue weighted by molar-refractivity contribution is -0.149. The van der Waals surface area contributed by atoms with Crippen LogP contribution in [0.4, 0.5) is 0 Å². The highest BCUT2D eigenvalue weighted by atomic mass is 35.5. The van der Waals surface area contributed by atoms with Crippen molar-refractivity contribution in [3.05, 3.63) is 34.9 Å². The van der Waals surface area contributed by atoms with Crippen molar-refractivity contribution in [2.24, 2.45) is 5.92 Å². The van der Waals surface area contributed by atoms with Crippen molar-refractivity contribution >= 4 is 23.5 Å². The maximum atomic E-state index is 11.6. The molecule has 0 unspecified atom stereocenters. The molecule has 1 fully saturated rings. The van der Waals surface area contributed by atoms with Gasteiger partial charge in [0.25, 0.3) is 0 Å². The van der Waals surface area contributed by atoms with E-state index in [1.54, 1.807) is 12.1 Å². The van der Waals surface area contributed by atoms with Crippen LogP contribution in [0.3, 0.4) is 0 Å². The van der Waals surface area contributed by atoms with Gasteiger partial charge in [0.05, 0.1) is 7.11 Å². The molecule has 1 aromatic rings. The molecule has 5 heteroatoms. The Morgan fingerprint density at radius 3 is 2.65 bits per heavy atom. The van der Waals surface area contributed by atoms with Gasteiger partial charge in [-0.25, -0.2) is 0 Å². The summed E-state index contributed by atoms with van der Waals surface area (Å²) in [5.74, 6) is -1.73. The average Bonchev–Trinajstić information content (AvgIpc) is 2.71. The number of hydrogen-bond donors (Lipinski definition) is 1. The number of hydrogen-bond acceptors (Lipinski definition) is 3. The van der Waals surface area contributed by atoms with Crippen LogP contribution in [0.2, 0.25) is 5.02 Å². The van der Waals surface area contributed by atoms with Gasteiger partial charge in [-0.05, 0) is 17.7 Å². The van der Waals surface area contributed by atoms with Crippen molar-refractivity contribution in [3.8, 4) is 0 Å². The zero-order valence-electron chi connectivity index (χ0n) is 9.27. The summed E-state index contributed by atoms with van der Waals surface area (Å²) in [6.07, 6.45) is 0. The third kappa shape index (κ3) is 2.26. The van der Waals surface area contributed by atoms with Gasteiger partial charge in [-0.2, -0.15) is 0 Å². The summed E-state index contributed by atoms with van der Waals surface area (Å²) in [6, 6.07) is 7.13. The quantitative estimate of drug-likeness (QED) is 0.639. The molecule has 1 amide bonds. The molecular formula is C12H12ClNO3. The summed E-state index contributed by atoms with van der Waals surface area (Å²) < 4.78 is 4.65. The Morgan fingerprint density at radius 2 is 2.06 bits per heavy atom. The minimum Gasteiger partial charge on any atom is -0.468 e. The van der Waals surface area contributed by atoms with Gasteiger partial charge in [-0.1, -0.05) is 23.7 Å². The first-order valence-corrected chi connectivity index (χ1v) is 5.62. The summed E-state index contributed by atoms with van der Waals surface area (Å²) >= 11 is 5.80. The minimum absolute atomic E-state index is 0.188. The summed E-state index contributed by atoms with van der Waals surface area (Å²) in [5.41, 5.74) is 0.906. The van der Waals surface area contributed by atoms with Gasteiger partial charge in [0.15, 0.2) is 0 Å². The van der Waals surface area contributed by atoms with Crippen LogP contribution < -0.4 is 5.32 Å². The monoisotopic (exact) mass is 253 g/mol. The smallest absolute Gasteiger partial charge is 0.318 e. The zero-order chi connectivity index (χ0) is 12.4. The number of amides is 1. The first-order valence-electron chi connectivity index (χ1n) is 5.24. The number of ether oxygens (including phenoxy) is 1. The van der Waals surface area contributed by atoms with Gasteiger partial charge in [-0.15, -0.1) is 0 Å². The molecule has 17 heavy (non-hydrogen) atoms. The fraction of sp³-hybridized carbons (Fsp3) is 0.333. The largest absolute Gasteiger partial charge is 0.468 e. The molecule has 0 spiro atoms. The van der Waals surface area contributed by atoms with E-state index in [1.165, 1.54) is 7.11 Å². The van der Waals surface area contributed by atoms with Crippen molar-refractivity contribution in [3.63, 3.8) is 0 Å². The fourth-order valence-electron chi connectivity index (χ4n) is 2.04. The molecule has 4 nitrogen and oxygen atoms in total. The Morgan fingerprint density at radius 1 is 1.41 bits per heavy atom. The van der Waals surface area contributed by atoms with Gasteiger partial charge in [0, 0.05) is 17.5 Å². The maximum absolute atomic E-state index is 11.6. The molecule has 1 aliphatic heterocycles. The van der Waals surface area contributed by atoms with Gasteiger partial charge < -0.3 is 10.1 Å². The number of esters is 1. The number of rotatable bonds is 2. The van der Waals surface area contributed by atoms with Crippen LogP contribution in [0.25, 0.3) is 0 Å². The van der Waals surface area contributed by atoms with Crippen molar-refractivity contribution < 1.29 is 14.3 Å². The van der Waals surface area contributed by atoms with E-state index < -0.39 is 11.9 Å². The van der Waals surface area contributed by atoms with Gasteiger partial charge in [-0.3, -0.25) is 9.59 Å². The molecule has 1 aromatic carbocycles. The topological polar surface area (TPSA) is 55.4 Å². The lowest BCUT2D eigenvalue weighted by Gasteiger charge is -2.14. The Balaban J connectivity index is 2.28. The van der Waals surface area contributed by atoms with Crippen molar-refractivity contribution in [1.29, 1.82) is 0 Å². The zero-order valence-corrected chi connectivity index (χ0v) is 10.0. The van der Waals surface area contributed by atoms with E-state index in [4.69, 9.17) is 11.6 Å². The first kappa shape index (κ1) is 11.9. The van der Waals surface area contributed by atoms with Crippen LogP contribution in [-0.2, 0) is 14.3 Å². The summed E-state index contributed by atoms with van der Waals surface area (Å²) in [5, 5.41) is 3.30. The molecule has 2 atom stereocenters. The highest BCUT2D eigenvalue weighted by Gasteiger charge is 2.41. The molecule has 1 saturated heterocycles. The average molecular weight is 254 g/mol. The second-order valence-electron chi connectivity index (χ2n) is 3.90. The van der Waals surface area contributed by atoms with Crippen LogP contribution >= 0.6 is 11.6 Å². The second-order valence-corrected chi connectivity index (χ2v) is 4.34. The normalized spacial score (nSPS) is 23.3. The molecule has 0 aliphatic carbocycles. The van der Waals surface area contributed by atoms with Crippen LogP contribution in [-0.4, -0.2) is 25.5 Å². The molecule has 0 saturated carbocycles. The summed E-state index contributed by atoms with van der Waals surface area (Å²) in [4.78, 5) is 23.2. The number of nitrogens with one attached hydrogen (secondary N) is 1. The lowest BCUT2D eigenvalue weighted by Crippen LogP contribution is -2.28. The third-order valence-electron chi connectivity index (χ3n) is 2.93. The molecule has 1 aliphatic rings. The molecule has 1 N–H and O–H groups in total. The van der Waals surface area contributed by atoms with E-state index in [9.17, 15) is 9.59 Å². The third-order valence-corrected chi connectivity index (χ3v) is 3.19. The van der Waals surface area contributed by atoms with Gasteiger partial charge >= 0.3 is 5.97 Å². The van der Waals surface area contributed by atoms with Crippen LogP contribution in [0.5, 0.6) is 0 Å². The van der Waals surface area contributed by atoms with Crippen LogP contribution in [0.1, 0.15) is 11.5 Å². The van der Waals surface area contributed by atoms with Crippen molar-refractivity contribution in [1.82, 2.24) is 5.32 Å². The van der Waals surface area contributed by atoms with E-state index in [2.05, 4.69) is 10.1 Å². The van der Waals surface area contributed by atoms with Gasteiger partial charge in [0.2, 0.25) is 5.91 Å². The van der Waals surface area contributed by atoms with E-state index >= 15 is 0 Å². The number of carbonyl (C=O) groups is 2. The molecule has 0 aromatic heterocycles. The standard InChI is InChI=1S/C12H12ClNO3/c1-17-12(16)10-9(6-14-11(10)15)7-2-4-8(13)5-3-7/h2-5,9-10H,6H2,1H3,(H,14,15)/t9-,10-/m1/s1. The molecule has 1 heterocycles. The Bertz CT molecular complexity index is 444. The lowest BCUT2D eigenvalue weighted by atomic mass is 9.89. The number of benzene rings is 1. The van der Waals surface area contributed by atoms with Crippen LogP contribution in [0.15, 0.2) is 24.3 Å². The second kappa shape index (κ2) is 4.75. The molecule has 2 rings (SSSR count). The maximum Gasteiger partial charge on any atom is 0.318 e. The molecule has 0 radical (unpaired) electrons.